The van der Waals surface area contributed by atoms with Crippen molar-refractivity contribution in [3.63, 3.8) is 0 Å². The van der Waals surface area contributed by atoms with Crippen LogP contribution in [0.3, 0.4) is 0 Å². The maximum absolute atomic E-state index is 11.3. The summed E-state index contributed by atoms with van der Waals surface area (Å²) in [4.78, 5) is 28.4. The number of esters is 1. The minimum absolute atomic E-state index is 0.0196. The second kappa shape index (κ2) is 7.98. The Morgan fingerprint density at radius 1 is 1.35 bits per heavy atom. The number of para-hydroxylation sites is 1. The van der Waals surface area contributed by atoms with E-state index in [2.05, 4.69) is 5.32 Å². The molecular weight excluding hydrogens is 287 g/mol. The first-order valence-corrected chi connectivity index (χ1v) is 7.55. The number of nitrogens with two attached hydrogens (primary N) is 1. The summed E-state index contributed by atoms with van der Waals surface area (Å²) in [5.41, 5.74) is 5.53. The van der Waals surface area contributed by atoms with Crippen LogP contribution < -0.4 is 15.8 Å². The zero-order valence-corrected chi connectivity index (χ0v) is 11.5. The average Bonchev–Trinajstić information content (AvgIpc) is 2.36. The molecule has 8 nitrogen and oxygen atoms in total. The molecule has 0 aliphatic heterocycles. The molecular formula is C11H17N2O6P. The lowest BCUT2D eigenvalue weighted by molar-refractivity contribution is -0.149. The van der Waals surface area contributed by atoms with Crippen LogP contribution in [0.4, 0.5) is 0 Å². The van der Waals surface area contributed by atoms with Gasteiger partial charge >= 0.3 is 13.6 Å². The number of hydrogen-bond acceptors (Lipinski definition) is 6. The van der Waals surface area contributed by atoms with Crippen LogP contribution in [0.2, 0.25) is 0 Å². The number of ether oxygens (including phenoxy) is 2. The quantitative estimate of drug-likeness (QED) is 0.290. The van der Waals surface area contributed by atoms with Crippen molar-refractivity contribution < 1.29 is 28.6 Å². The van der Waals surface area contributed by atoms with E-state index in [0.717, 1.165) is 0 Å². The Balaban J connectivity index is 2.20. The smallest absolute Gasteiger partial charge is 0.339 e. The summed E-state index contributed by atoms with van der Waals surface area (Å²) in [5.74, 6) is -0.124. The molecule has 0 saturated heterocycles. The maximum Gasteiger partial charge on any atom is 0.339 e. The Hall–Kier alpha value is -1.44. The number of hydrogen-bond donors (Lipinski definition) is 4. The number of nitrogens with one attached hydrogen (secondary N) is 1. The van der Waals surface area contributed by atoms with Crippen LogP contribution >= 0.6 is 7.60 Å². The van der Waals surface area contributed by atoms with Crippen molar-refractivity contribution in [2.45, 2.75) is 6.23 Å². The van der Waals surface area contributed by atoms with Crippen molar-refractivity contribution in [2.24, 2.45) is 5.73 Å². The zero-order chi connectivity index (χ0) is 15.0. The number of rotatable bonds is 8. The first-order chi connectivity index (χ1) is 9.37. The van der Waals surface area contributed by atoms with Gasteiger partial charge in [-0.15, -0.1) is 0 Å². The third-order valence-corrected chi connectivity index (χ3v) is 2.66. The fourth-order valence-electron chi connectivity index (χ4n) is 1.24. The van der Waals surface area contributed by atoms with E-state index < -0.39 is 26.1 Å². The van der Waals surface area contributed by atoms with Crippen molar-refractivity contribution in [2.75, 3.05) is 19.4 Å². The van der Waals surface area contributed by atoms with Crippen LogP contribution in [0.15, 0.2) is 30.3 Å². The monoisotopic (exact) mass is 304 g/mol. The van der Waals surface area contributed by atoms with Crippen LogP contribution in [0, 0.1) is 0 Å². The second-order valence-corrected chi connectivity index (χ2v) is 5.55. The molecule has 0 saturated carbocycles. The lowest BCUT2D eigenvalue weighted by atomic mass is 10.3. The topological polar surface area (TPSA) is 131 Å². The van der Waals surface area contributed by atoms with Crippen molar-refractivity contribution in [3.8, 4) is 5.75 Å². The van der Waals surface area contributed by atoms with Gasteiger partial charge in [-0.2, -0.15) is 0 Å². The van der Waals surface area contributed by atoms with Crippen LogP contribution in [0.5, 0.6) is 5.75 Å². The van der Waals surface area contributed by atoms with Crippen molar-refractivity contribution in [1.29, 1.82) is 0 Å². The van der Waals surface area contributed by atoms with Crippen molar-refractivity contribution in [3.05, 3.63) is 30.3 Å². The molecule has 0 aromatic heterocycles. The van der Waals surface area contributed by atoms with Crippen molar-refractivity contribution in [1.82, 2.24) is 5.32 Å². The maximum atomic E-state index is 11.3. The Labute approximate surface area is 116 Å². The van der Waals surface area contributed by atoms with E-state index in [4.69, 9.17) is 25.0 Å². The van der Waals surface area contributed by atoms with Crippen LogP contribution in [-0.4, -0.2) is 41.4 Å². The molecule has 0 amide bonds. The summed E-state index contributed by atoms with van der Waals surface area (Å²) in [6.07, 6.45) is -1.56. The van der Waals surface area contributed by atoms with E-state index in [1.165, 1.54) is 0 Å². The van der Waals surface area contributed by atoms with Gasteiger partial charge in [0.25, 0.3) is 0 Å². The normalized spacial score (nSPS) is 12.8. The molecule has 0 spiro atoms. The molecule has 1 atom stereocenters. The predicted octanol–water partition coefficient (Wildman–Crippen LogP) is -0.382. The molecule has 1 rings (SSSR count). The van der Waals surface area contributed by atoms with E-state index in [0.29, 0.717) is 5.75 Å². The molecule has 0 fully saturated rings. The average molecular weight is 304 g/mol. The summed E-state index contributed by atoms with van der Waals surface area (Å²) in [7, 11) is -4.18. The number of benzene rings is 1. The molecule has 1 aromatic carbocycles. The Kier molecular flexibility index (Phi) is 6.63. The Bertz CT molecular complexity index is 463. The SMILES string of the molecule is NC(COc1ccccc1)OC(=O)CNCP(=O)(O)O. The highest BCUT2D eigenvalue weighted by Gasteiger charge is 2.15. The van der Waals surface area contributed by atoms with E-state index in [-0.39, 0.29) is 13.2 Å². The lowest BCUT2D eigenvalue weighted by Gasteiger charge is -2.14. The third kappa shape index (κ3) is 7.88. The molecule has 0 radical (unpaired) electrons. The number of carbonyl (C=O) groups excluding carboxylic acids is 1. The largest absolute Gasteiger partial charge is 0.488 e. The van der Waals surface area contributed by atoms with Gasteiger partial charge in [0.1, 0.15) is 12.4 Å². The first kappa shape index (κ1) is 16.6. The van der Waals surface area contributed by atoms with Gasteiger partial charge in [-0.25, -0.2) is 0 Å². The standard InChI is InChI=1S/C11H17N2O6P/c12-10(7-18-9-4-2-1-3-5-9)19-11(14)6-13-8-20(15,16)17/h1-5,10,13H,6-8,12H2,(H2,15,16,17). The van der Waals surface area contributed by atoms with Gasteiger partial charge in [-0.3, -0.25) is 20.4 Å². The molecule has 112 valence electrons. The summed E-state index contributed by atoms with van der Waals surface area (Å²) in [6.45, 7) is -0.363. The second-order valence-electron chi connectivity index (χ2n) is 3.90. The molecule has 0 bridgehead atoms. The van der Waals surface area contributed by atoms with E-state index in [1.807, 2.05) is 6.07 Å². The highest BCUT2D eigenvalue weighted by molar-refractivity contribution is 7.51. The van der Waals surface area contributed by atoms with Crippen LogP contribution in [0.1, 0.15) is 0 Å². The molecule has 0 aliphatic carbocycles. The van der Waals surface area contributed by atoms with Gasteiger partial charge in [-0.1, -0.05) is 18.2 Å². The lowest BCUT2D eigenvalue weighted by Crippen LogP contribution is -2.36. The van der Waals surface area contributed by atoms with Crippen molar-refractivity contribution >= 4 is 13.6 Å². The van der Waals surface area contributed by atoms with Gasteiger partial charge in [0.05, 0.1) is 12.8 Å². The van der Waals surface area contributed by atoms with Crippen LogP contribution in [0.25, 0.3) is 0 Å². The van der Waals surface area contributed by atoms with Gasteiger partial charge in [0.2, 0.25) is 0 Å². The van der Waals surface area contributed by atoms with Gasteiger partial charge in [-0.05, 0) is 12.1 Å². The third-order valence-electron chi connectivity index (χ3n) is 2.03. The van der Waals surface area contributed by atoms with Gasteiger partial charge < -0.3 is 19.3 Å². The Morgan fingerprint density at radius 2 is 2.00 bits per heavy atom. The Morgan fingerprint density at radius 3 is 2.60 bits per heavy atom. The van der Waals surface area contributed by atoms with E-state index in [1.54, 1.807) is 24.3 Å². The highest BCUT2D eigenvalue weighted by atomic mass is 31.2. The van der Waals surface area contributed by atoms with Gasteiger partial charge in [0.15, 0.2) is 6.23 Å². The van der Waals surface area contributed by atoms with E-state index >= 15 is 0 Å². The molecule has 9 heteroatoms. The number of carbonyl (C=O) groups is 1. The minimum Gasteiger partial charge on any atom is -0.488 e. The summed E-state index contributed by atoms with van der Waals surface area (Å²) in [6, 6.07) is 8.88. The van der Waals surface area contributed by atoms with E-state index in [9.17, 15) is 9.36 Å². The molecule has 20 heavy (non-hydrogen) atoms. The fraction of sp³-hybridized carbons (Fsp3) is 0.364. The van der Waals surface area contributed by atoms with Crippen LogP contribution in [-0.2, 0) is 14.1 Å². The fourth-order valence-corrected chi connectivity index (χ4v) is 1.65. The zero-order valence-electron chi connectivity index (χ0n) is 10.6. The minimum atomic E-state index is -4.18. The summed E-state index contributed by atoms with van der Waals surface area (Å²) < 4.78 is 20.6. The molecule has 5 N–H and O–H groups in total. The van der Waals surface area contributed by atoms with Gasteiger partial charge in [0, 0.05) is 0 Å². The summed E-state index contributed by atoms with van der Waals surface area (Å²) in [5, 5.41) is 2.27. The molecule has 0 heterocycles. The molecule has 1 aromatic rings. The molecule has 0 aliphatic rings. The molecule has 1 unspecified atom stereocenters. The first-order valence-electron chi connectivity index (χ1n) is 5.75. The summed E-state index contributed by atoms with van der Waals surface area (Å²) >= 11 is 0. The highest BCUT2D eigenvalue weighted by Crippen LogP contribution is 2.31. The predicted molar refractivity (Wildman–Crippen MR) is 70.9 cm³/mol.